The van der Waals surface area contributed by atoms with Gasteiger partial charge in [-0.05, 0) is 40.7 Å². The number of rotatable bonds is 13. The van der Waals surface area contributed by atoms with Crippen LogP contribution >= 0.6 is 0 Å². The first-order valence-electron chi connectivity index (χ1n) is 12.4. The Hall–Kier alpha value is -0.240. The molecule has 3 aliphatic rings. The molecule has 0 unspecified atom stereocenters. The average molecular weight is 428 g/mol. The lowest BCUT2D eigenvalue weighted by atomic mass is 9.99. The van der Waals surface area contributed by atoms with Crippen molar-refractivity contribution in [2.45, 2.75) is 141 Å². The van der Waals surface area contributed by atoms with Crippen molar-refractivity contribution >= 4 is 0 Å². The van der Waals surface area contributed by atoms with Crippen molar-refractivity contribution in [2.75, 3.05) is 13.1 Å². The highest BCUT2D eigenvalue weighted by atomic mass is 16.9. The van der Waals surface area contributed by atoms with Crippen LogP contribution in [0.15, 0.2) is 0 Å². The van der Waals surface area contributed by atoms with Gasteiger partial charge in [0.25, 0.3) is 0 Å². The molecule has 0 radical (unpaired) electrons. The maximum atomic E-state index is 6.24. The van der Waals surface area contributed by atoms with Crippen molar-refractivity contribution in [3.8, 4) is 0 Å². The Balaban J connectivity index is 1.31. The minimum absolute atomic E-state index is 0.0985. The van der Waals surface area contributed by atoms with Gasteiger partial charge >= 0.3 is 0 Å². The number of ether oxygens (including phenoxy) is 5. The van der Waals surface area contributed by atoms with Crippen LogP contribution in [-0.4, -0.2) is 55.4 Å². The van der Waals surface area contributed by atoms with Crippen LogP contribution in [-0.2, 0) is 23.7 Å². The first kappa shape index (κ1) is 24.4. The van der Waals surface area contributed by atoms with Crippen LogP contribution < -0.4 is 5.32 Å². The van der Waals surface area contributed by atoms with Gasteiger partial charge < -0.3 is 29.0 Å². The molecule has 0 saturated carbocycles. The molecule has 3 rings (SSSR count). The standard InChI is InChI=1S/C24H45NO5/c1-6-7-8-9-10-11-12-13-14-15-16-25-17-18-19-20(28-23(2,3)27-19)21-22(26-18)30-24(4,5)29-21/h18-22,25H,6-17H2,1-5H3/t18-,19+,20+,21-,22-/m1/s1. The summed E-state index contributed by atoms with van der Waals surface area (Å²) in [6.07, 6.45) is 12.5. The maximum absolute atomic E-state index is 6.24. The first-order chi connectivity index (χ1) is 14.3. The Morgan fingerprint density at radius 3 is 1.83 bits per heavy atom. The van der Waals surface area contributed by atoms with Crippen LogP contribution in [0.2, 0.25) is 0 Å². The second kappa shape index (κ2) is 11.1. The molecule has 0 aromatic rings. The first-order valence-corrected chi connectivity index (χ1v) is 12.4. The normalized spacial score (nSPS) is 34.1. The number of nitrogens with one attached hydrogen (secondary N) is 1. The van der Waals surface area contributed by atoms with Gasteiger partial charge in [0.2, 0.25) is 0 Å². The van der Waals surface area contributed by atoms with Crippen molar-refractivity contribution in [3.63, 3.8) is 0 Å². The summed E-state index contributed by atoms with van der Waals surface area (Å²) in [6.45, 7) is 11.8. The number of hydrogen-bond acceptors (Lipinski definition) is 6. The Bertz CT molecular complexity index is 512. The quantitative estimate of drug-likeness (QED) is 0.422. The summed E-state index contributed by atoms with van der Waals surface area (Å²) in [4.78, 5) is 0. The van der Waals surface area contributed by atoms with Crippen LogP contribution in [0.1, 0.15) is 98.8 Å². The molecule has 0 bridgehead atoms. The summed E-state index contributed by atoms with van der Waals surface area (Å²) in [7, 11) is 0. The van der Waals surface area contributed by atoms with Gasteiger partial charge in [-0.25, -0.2) is 0 Å². The Morgan fingerprint density at radius 1 is 0.633 bits per heavy atom. The molecule has 3 saturated heterocycles. The third-order valence-corrected chi connectivity index (χ3v) is 6.30. The molecule has 0 amide bonds. The lowest BCUT2D eigenvalue weighted by molar-refractivity contribution is -0.232. The molecule has 3 fully saturated rings. The summed E-state index contributed by atoms with van der Waals surface area (Å²) in [5.41, 5.74) is 0. The van der Waals surface area contributed by atoms with Gasteiger partial charge in [-0.2, -0.15) is 0 Å². The second-order valence-corrected chi connectivity index (χ2v) is 10.1. The van der Waals surface area contributed by atoms with Gasteiger partial charge in [0.15, 0.2) is 17.9 Å². The minimum Gasteiger partial charge on any atom is -0.342 e. The van der Waals surface area contributed by atoms with Gasteiger partial charge in [0.1, 0.15) is 24.4 Å². The van der Waals surface area contributed by atoms with E-state index in [4.69, 9.17) is 23.7 Å². The van der Waals surface area contributed by atoms with Crippen molar-refractivity contribution in [3.05, 3.63) is 0 Å². The number of hydrogen-bond donors (Lipinski definition) is 1. The van der Waals surface area contributed by atoms with Gasteiger partial charge in [-0.15, -0.1) is 0 Å². The molecule has 30 heavy (non-hydrogen) atoms. The highest BCUT2D eigenvalue weighted by molar-refractivity contribution is 5.00. The van der Waals surface area contributed by atoms with Crippen LogP contribution in [0.3, 0.4) is 0 Å². The predicted molar refractivity (Wildman–Crippen MR) is 117 cm³/mol. The number of fused-ring (bicyclic) bond motifs is 3. The zero-order valence-corrected chi connectivity index (χ0v) is 19.9. The van der Waals surface area contributed by atoms with Gasteiger partial charge in [-0.3, -0.25) is 0 Å². The van der Waals surface area contributed by atoms with E-state index in [0.717, 1.165) is 13.1 Å². The lowest BCUT2D eigenvalue weighted by Crippen LogP contribution is -2.57. The minimum atomic E-state index is -0.658. The van der Waals surface area contributed by atoms with Gasteiger partial charge in [0.05, 0.1) is 0 Å². The van der Waals surface area contributed by atoms with Crippen molar-refractivity contribution < 1.29 is 23.7 Å². The van der Waals surface area contributed by atoms with Crippen LogP contribution in [0.5, 0.6) is 0 Å². The molecule has 0 aromatic heterocycles. The van der Waals surface area contributed by atoms with Gasteiger partial charge in [0, 0.05) is 6.54 Å². The molecule has 6 heteroatoms. The SMILES string of the molecule is CCCCCCCCCCCCNC[C@H]1O[C@@H]2OC(C)(C)O[C@@H]2[C@H]2OC(C)(C)O[C@H]21. The summed E-state index contributed by atoms with van der Waals surface area (Å²) in [5, 5.41) is 3.56. The molecule has 0 aliphatic carbocycles. The topological polar surface area (TPSA) is 58.2 Å². The van der Waals surface area contributed by atoms with Crippen molar-refractivity contribution in [2.24, 2.45) is 0 Å². The van der Waals surface area contributed by atoms with E-state index < -0.39 is 17.9 Å². The average Bonchev–Trinajstić information content (AvgIpc) is 3.16. The largest absolute Gasteiger partial charge is 0.342 e. The van der Waals surface area contributed by atoms with E-state index in [-0.39, 0.29) is 24.4 Å². The Morgan fingerprint density at radius 2 is 1.17 bits per heavy atom. The molecular formula is C24H45NO5. The third-order valence-electron chi connectivity index (χ3n) is 6.30. The predicted octanol–water partition coefficient (Wildman–Crippen LogP) is 4.89. The fourth-order valence-electron chi connectivity index (χ4n) is 4.84. The summed E-state index contributed by atoms with van der Waals surface area (Å²) >= 11 is 0. The maximum Gasteiger partial charge on any atom is 0.190 e. The Kier molecular flexibility index (Phi) is 9.00. The number of unbranched alkanes of at least 4 members (excludes halogenated alkanes) is 9. The summed E-state index contributed by atoms with van der Waals surface area (Å²) < 4.78 is 30.6. The van der Waals surface area contributed by atoms with Crippen molar-refractivity contribution in [1.29, 1.82) is 0 Å². The van der Waals surface area contributed by atoms with E-state index in [9.17, 15) is 0 Å². The van der Waals surface area contributed by atoms with E-state index >= 15 is 0 Å². The third kappa shape index (κ3) is 6.88. The van der Waals surface area contributed by atoms with Crippen molar-refractivity contribution in [1.82, 2.24) is 5.32 Å². The monoisotopic (exact) mass is 427 g/mol. The molecule has 3 heterocycles. The lowest BCUT2D eigenvalue weighted by Gasteiger charge is -2.37. The molecule has 0 spiro atoms. The zero-order valence-electron chi connectivity index (χ0n) is 19.9. The van der Waals surface area contributed by atoms with E-state index in [2.05, 4.69) is 12.2 Å². The van der Waals surface area contributed by atoms with E-state index in [0.29, 0.717) is 0 Å². The highest BCUT2D eigenvalue weighted by Crippen LogP contribution is 2.43. The molecule has 6 nitrogen and oxygen atoms in total. The molecule has 5 atom stereocenters. The Labute approximate surface area is 183 Å². The van der Waals surface area contributed by atoms with Crippen LogP contribution in [0.25, 0.3) is 0 Å². The fraction of sp³-hybridized carbons (Fsp3) is 1.00. The summed E-state index contributed by atoms with van der Waals surface area (Å²) in [5.74, 6) is -1.28. The second-order valence-electron chi connectivity index (χ2n) is 10.1. The summed E-state index contributed by atoms with van der Waals surface area (Å²) in [6, 6.07) is 0. The highest BCUT2D eigenvalue weighted by Gasteiger charge is 2.60. The van der Waals surface area contributed by atoms with Crippen LogP contribution in [0.4, 0.5) is 0 Å². The smallest absolute Gasteiger partial charge is 0.190 e. The molecule has 3 aliphatic heterocycles. The molecule has 1 N–H and O–H groups in total. The van der Waals surface area contributed by atoms with E-state index in [1.807, 2.05) is 27.7 Å². The molecule has 176 valence electrons. The molecule has 0 aromatic carbocycles. The molecular weight excluding hydrogens is 382 g/mol. The zero-order chi connectivity index (χ0) is 21.6. The van der Waals surface area contributed by atoms with E-state index in [1.165, 1.54) is 64.2 Å². The van der Waals surface area contributed by atoms with Gasteiger partial charge in [-0.1, -0.05) is 64.7 Å². The van der Waals surface area contributed by atoms with E-state index in [1.54, 1.807) is 0 Å². The van der Waals surface area contributed by atoms with Crippen LogP contribution in [0, 0.1) is 0 Å². The fourth-order valence-corrected chi connectivity index (χ4v) is 4.84.